The molecule has 4 heteroatoms. The molecule has 0 spiro atoms. The Labute approximate surface area is 145 Å². The standard InChI is InChI=1S/C20H24N2OSi/c1-14-10-11-18-20(19(14)22-13-12-21(3)15(22)2)23-16-8-6-7-9-17(16)24(18,4)5/h6-13,15H,1-5H3/t15-/m0/s1. The lowest BCUT2D eigenvalue weighted by Gasteiger charge is -2.37. The van der Waals surface area contributed by atoms with Gasteiger partial charge in [-0.05, 0) is 35.9 Å². The number of hydrogen-bond acceptors (Lipinski definition) is 3. The predicted molar refractivity (Wildman–Crippen MR) is 103 cm³/mol. The van der Waals surface area contributed by atoms with E-state index >= 15 is 0 Å². The van der Waals surface area contributed by atoms with Gasteiger partial charge in [0.2, 0.25) is 0 Å². The molecule has 0 fully saturated rings. The minimum Gasteiger partial charge on any atom is -0.455 e. The highest BCUT2D eigenvalue weighted by Gasteiger charge is 2.39. The van der Waals surface area contributed by atoms with Crippen LogP contribution in [0.3, 0.4) is 0 Å². The molecule has 2 aliphatic rings. The Hall–Kier alpha value is -2.20. The van der Waals surface area contributed by atoms with Gasteiger partial charge in [0.15, 0.2) is 5.75 Å². The van der Waals surface area contributed by atoms with Crippen LogP contribution >= 0.6 is 0 Å². The molecule has 0 amide bonds. The topological polar surface area (TPSA) is 15.7 Å². The van der Waals surface area contributed by atoms with Crippen molar-refractivity contribution in [2.24, 2.45) is 0 Å². The molecule has 0 aromatic heterocycles. The van der Waals surface area contributed by atoms with Crippen LogP contribution in [0.25, 0.3) is 0 Å². The fraction of sp³-hybridized carbons (Fsp3) is 0.300. The molecule has 2 aliphatic heterocycles. The Morgan fingerprint density at radius 2 is 1.75 bits per heavy atom. The lowest BCUT2D eigenvalue weighted by Crippen LogP contribution is -2.56. The summed E-state index contributed by atoms with van der Waals surface area (Å²) in [5.74, 6) is 2.08. The number of para-hydroxylation sites is 1. The number of nitrogens with zero attached hydrogens (tertiary/aromatic N) is 2. The van der Waals surface area contributed by atoms with E-state index in [0.717, 1.165) is 11.5 Å². The van der Waals surface area contributed by atoms with Gasteiger partial charge in [0.05, 0.1) is 5.69 Å². The summed E-state index contributed by atoms with van der Waals surface area (Å²) in [6, 6.07) is 13.1. The lowest BCUT2D eigenvalue weighted by atomic mass is 10.1. The second-order valence-corrected chi connectivity index (χ2v) is 11.7. The second-order valence-electron chi connectivity index (χ2n) is 7.33. The molecule has 0 unspecified atom stereocenters. The SMILES string of the molecule is Cc1ccc2c(c1N1C=CN(C)[C@@H]1C)Oc1ccccc1[Si]2(C)C. The highest BCUT2D eigenvalue weighted by Crippen LogP contribution is 2.40. The van der Waals surface area contributed by atoms with Crippen LogP contribution < -0.4 is 20.0 Å². The Morgan fingerprint density at radius 1 is 1.00 bits per heavy atom. The first-order chi connectivity index (χ1) is 11.4. The zero-order chi connectivity index (χ0) is 17.1. The van der Waals surface area contributed by atoms with Crippen molar-refractivity contribution in [3.8, 4) is 11.5 Å². The van der Waals surface area contributed by atoms with Gasteiger partial charge >= 0.3 is 0 Å². The molecule has 2 heterocycles. The maximum Gasteiger partial charge on any atom is 0.151 e. The van der Waals surface area contributed by atoms with Gasteiger partial charge in [0.25, 0.3) is 0 Å². The number of rotatable bonds is 1. The van der Waals surface area contributed by atoms with E-state index in [1.54, 1.807) is 0 Å². The minimum absolute atomic E-state index is 0.292. The molecule has 0 aliphatic carbocycles. The number of benzene rings is 2. The summed E-state index contributed by atoms with van der Waals surface area (Å²) >= 11 is 0. The first-order valence-corrected chi connectivity index (χ1v) is 11.5. The number of fused-ring (bicyclic) bond motifs is 2. The summed E-state index contributed by atoms with van der Waals surface area (Å²) in [5, 5.41) is 2.77. The van der Waals surface area contributed by atoms with Crippen molar-refractivity contribution in [3.63, 3.8) is 0 Å². The van der Waals surface area contributed by atoms with Gasteiger partial charge in [-0.3, -0.25) is 0 Å². The molecule has 4 rings (SSSR count). The van der Waals surface area contributed by atoms with Gasteiger partial charge in [-0.15, -0.1) is 0 Å². The molecule has 3 nitrogen and oxygen atoms in total. The monoisotopic (exact) mass is 336 g/mol. The Balaban J connectivity index is 1.93. The summed E-state index contributed by atoms with van der Waals surface area (Å²) < 4.78 is 6.46. The zero-order valence-electron chi connectivity index (χ0n) is 15.0. The number of ether oxygens (including phenoxy) is 1. The maximum absolute atomic E-state index is 6.46. The van der Waals surface area contributed by atoms with Crippen molar-refractivity contribution in [1.29, 1.82) is 0 Å². The lowest BCUT2D eigenvalue weighted by molar-refractivity contribution is 0.380. The van der Waals surface area contributed by atoms with Gasteiger partial charge in [-0.1, -0.05) is 43.4 Å². The summed E-state index contributed by atoms with van der Waals surface area (Å²) in [7, 11) is 0.346. The van der Waals surface area contributed by atoms with E-state index in [-0.39, 0.29) is 0 Å². The molecule has 2 aromatic carbocycles. The maximum atomic E-state index is 6.46. The Morgan fingerprint density at radius 3 is 2.46 bits per heavy atom. The van der Waals surface area contributed by atoms with E-state index in [1.165, 1.54) is 21.6 Å². The highest BCUT2D eigenvalue weighted by molar-refractivity contribution is 7.01. The average Bonchev–Trinajstić information content (AvgIpc) is 2.87. The summed E-state index contributed by atoms with van der Waals surface area (Å²) in [6.07, 6.45) is 4.58. The quantitative estimate of drug-likeness (QED) is 0.742. The van der Waals surface area contributed by atoms with Crippen molar-refractivity contribution < 1.29 is 4.74 Å². The van der Waals surface area contributed by atoms with Gasteiger partial charge in [-0.2, -0.15) is 0 Å². The van der Waals surface area contributed by atoms with E-state index in [9.17, 15) is 0 Å². The van der Waals surface area contributed by atoms with Crippen molar-refractivity contribution in [1.82, 2.24) is 4.90 Å². The van der Waals surface area contributed by atoms with Gasteiger partial charge in [-0.25, -0.2) is 0 Å². The highest BCUT2D eigenvalue weighted by atomic mass is 28.3. The summed E-state index contributed by atoms with van der Waals surface area (Å²) in [6.45, 7) is 9.23. The van der Waals surface area contributed by atoms with Crippen LogP contribution in [0.2, 0.25) is 13.1 Å². The molecule has 0 saturated heterocycles. The fourth-order valence-electron chi connectivity index (χ4n) is 3.80. The van der Waals surface area contributed by atoms with Crippen LogP contribution in [-0.2, 0) is 0 Å². The molecular weight excluding hydrogens is 312 g/mol. The molecular formula is C20H24N2OSi. The van der Waals surface area contributed by atoms with Crippen molar-refractivity contribution in [3.05, 3.63) is 54.4 Å². The molecule has 124 valence electrons. The van der Waals surface area contributed by atoms with Gasteiger partial charge in [0.1, 0.15) is 20.0 Å². The molecule has 0 saturated carbocycles. The van der Waals surface area contributed by atoms with Crippen LogP contribution in [0, 0.1) is 6.92 Å². The van der Waals surface area contributed by atoms with Crippen LogP contribution in [0.1, 0.15) is 12.5 Å². The van der Waals surface area contributed by atoms with Crippen molar-refractivity contribution in [2.45, 2.75) is 33.1 Å². The first kappa shape index (κ1) is 15.3. The van der Waals surface area contributed by atoms with E-state index in [0.29, 0.717) is 6.17 Å². The van der Waals surface area contributed by atoms with Crippen LogP contribution in [0.4, 0.5) is 5.69 Å². The predicted octanol–water partition coefficient (Wildman–Crippen LogP) is 3.49. The van der Waals surface area contributed by atoms with Gasteiger partial charge < -0.3 is 14.5 Å². The number of anilines is 1. The van der Waals surface area contributed by atoms with E-state index in [2.05, 4.69) is 92.6 Å². The smallest absolute Gasteiger partial charge is 0.151 e. The molecule has 0 radical (unpaired) electrons. The van der Waals surface area contributed by atoms with Crippen molar-refractivity contribution in [2.75, 3.05) is 11.9 Å². The molecule has 1 atom stereocenters. The van der Waals surface area contributed by atoms with Gasteiger partial charge in [0, 0.05) is 19.4 Å². The van der Waals surface area contributed by atoms with Crippen LogP contribution in [0.15, 0.2) is 48.8 Å². The third kappa shape index (κ3) is 2.02. The second kappa shape index (κ2) is 5.15. The third-order valence-corrected chi connectivity index (χ3v) is 8.99. The van der Waals surface area contributed by atoms with Crippen LogP contribution in [-0.4, -0.2) is 26.2 Å². The zero-order valence-corrected chi connectivity index (χ0v) is 16.0. The Bertz CT molecular complexity index is 844. The minimum atomic E-state index is -1.77. The fourth-order valence-corrected chi connectivity index (χ4v) is 6.59. The normalized spacial score (nSPS) is 20.6. The Kier molecular flexibility index (Phi) is 3.29. The third-order valence-electron chi connectivity index (χ3n) is 5.49. The molecule has 0 N–H and O–H groups in total. The number of aryl methyl sites for hydroxylation is 1. The molecule has 0 bridgehead atoms. The largest absolute Gasteiger partial charge is 0.455 e. The van der Waals surface area contributed by atoms with E-state index in [1.807, 2.05) is 0 Å². The van der Waals surface area contributed by atoms with E-state index < -0.39 is 8.07 Å². The summed E-state index contributed by atoms with van der Waals surface area (Å²) in [5.41, 5.74) is 2.46. The summed E-state index contributed by atoms with van der Waals surface area (Å²) in [4.78, 5) is 4.55. The average molecular weight is 337 g/mol. The molecule has 24 heavy (non-hydrogen) atoms. The first-order valence-electron chi connectivity index (χ1n) is 8.51. The van der Waals surface area contributed by atoms with Crippen LogP contribution in [0.5, 0.6) is 11.5 Å². The van der Waals surface area contributed by atoms with E-state index in [4.69, 9.17) is 4.74 Å². The van der Waals surface area contributed by atoms with Crippen molar-refractivity contribution >= 4 is 24.1 Å². The molecule has 2 aromatic rings. The number of hydrogen-bond donors (Lipinski definition) is 0.